The van der Waals surface area contributed by atoms with Crippen molar-refractivity contribution < 1.29 is 14.3 Å². The number of carbonyl (C=O) groups is 1. The minimum atomic E-state index is 0.0249. The first-order chi connectivity index (χ1) is 7.76. The van der Waals surface area contributed by atoms with Gasteiger partial charge in [0.05, 0.1) is 5.92 Å². The maximum atomic E-state index is 12.0. The SMILES string of the molecule is CCO[C@@H]1CN(C(=O)C2CNC2)C[C@H]1OC. The van der Waals surface area contributed by atoms with Crippen LogP contribution < -0.4 is 5.32 Å². The number of hydrogen-bond donors (Lipinski definition) is 1. The van der Waals surface area contributed by atoms with Crippen molar-refractivity contribution in [3.8, 4) is 0 Å². The number of carbonyl (C=O) groups excluding carboxylic acids is 1. The Morgan fingerprint density at radius 3 is 2.56 bits per heavy atom. The fraction of sp³-hybridized carbons (Fsp3) is 0.909. The van der Waals surface area contributed by atoms with E-state index in [1.807, 2.05) is 11.8 Å². The van der Waals surface area contributed by atoms with E-state index in [4.69, 9.17) is 9.47 Å². The highest BCUT2D eigenvalue weighted by molar-refractivity contribution is 5.80. The monoisotopic (exact) mass is 228 g/mol. The number of rotatable bonds is 4. The molecule has 1 amide bonds. The molecular weight excluding hydrogens is 208 g/mol. The van der Waals surface area contributed by atoms with Gasteiger partial charge >= 0.3 is 0 Å². The molecule has 2 saturated heterocycles. The molecule has 2 aliphatic heterocycles. The topological polar surface area (TPSA) is 50.8 Å². The molecule has 2 rings (SSSR count). The Labute approximate surface area is 96.1 Å². The number of likely N-dealkylation sites (tertiary alicyclic amines) is 1. The lowest BCUT2D eigenvalue weighted by molar-refractivity contribution is -0.136. The maximum Gasteiger partial charge on any atom is 0.228 e. The Hall–Kier alpha value is -0.650. The lowest BCUT2D eigenvalue weighted by atomic mass is 10.0. The van der Waals surface area contributed by atoms with E-state index in [0.29, 0.717) is 19.7 Å². The number of hydrogen-bond acceptors (Lipinski definition) is 4. The zero-order chi connectivity index (χ0) is 11.5. The average molecular weight is 228 g/mol. The smallest absolute Gasteiger partial charge is 0.228 e. The third-order valence-corrected chi connectivity index (χ3v) is 3.34. The molecule has 2 heterocycles. The highest BCUT2D eigenvalue weighted by atomic mass is 16.5. The van der Waals surface area contributed by atoms with Crippen LogP contribution in [0.3, 0.4) is 0 Å². The molecule has 0 saturated carbocycles. The van der Waals surface area contributed by atoms with Gasteiger partial charge < -0.3 is 19.7 Å². The molecule has 2 aliphatic rings. The van der Waals surface area contributed by atoms with E-state index in [1.54, 1.807) is 7.11 Å². The van der Waals surface area contributed by atoms with Crippen LogP contribution in [0.25, 0.3) is 0 Å². The molecule has 5 nitrogen and oxygen atoms in total. The van der Waals surface area contributed by atoms with Crippen molar-refractivity contribution in [2.45, 2.75) is 19.1 Å². The number of methoxy groups -OCH3 is 1. The molecule has 16 heavy (non-hydrogen) atoms. The van der Waals surface area contributed by atoms with Crippen molar-refractivity contribution in [3.63, 3.8) is 0 Å². The third kappa shape index (κ3) is 2.21. The summed E-state index contributed by atoms with van der Waals surface area (Å²) in [6.07, 6.45) is 0.0592. The highest BCUT2D eigenvalue weighted by Gasteiger charge is 2.39. The lowest BCUT2D eigenvalue weighted by Crippen LogP contribution is -2.51. The normalized spacial score (nSPS) is 30.5. The molecule has 0 spiro atoms. The molecule has 0 radical (unpaired) electrons. The Morgan fingerprint density at radius 1 is 1.38 bits per heavy atom. The number of amides is 1. The van der Waals surface area contributed by atoms with Crippen LogP contribution in [-0.2, 0) is 14.3 Å². The largest absolute Gasteiger partial charge is 0.377 e. The van der Waals surface area contributed by atoms with Gasteiger partial charge in [0.1, 0.15) is 12.2 Å². The molecule has 2 atom stereocenters. The molecular formula is C11H20N2O3. The second kappa shape index (κ2) is 5.12. The third-order valence-electron chi connectivity index (χ3n) is 3.34. The van der Waals surface area contributed by atoms with Crippen LogP contribution >= 0.6 is 0 Å². The fourth-order valence-corrected chi connectivity index (χ4v) is 2.25. The van der Waals surface area contributed by atoms with Crippen molar-refractivity contribution in [1.29, 1.82) is 0 Å². The first-order valence-electron chi connectivity index (χ1n) is 5.90. The summed E-state index contributed by atoms with van der Waals surface area (Å²) >= 11 is 0. The molecule has 0 aliphatic carbocycles. The summed E-state index contributed by atoms with van der Waals surface area (Å²) in [5.74, 6) is 0.404. The van der Waals surface area contributed by atoms with Gasteiger partial charge in [-0.1, -0.05) is 0 Å². The quantitative estimate of drug-likeness (QED) is 0.702. The van der Waals surface area contributed by atoms with Gasteiger partial charge in [-0.05, 0) is 6.92 Å². The molecule has 0 aromatic rings. The summed E-state index contributed by atoms with van der Waals surface area (Å²) in [7, 11) is 1.68. The van der Waals surface area contributed by atoms with Crippen molar-refractivity contribution in [1.82, 2.24) is 10.2 Å². The molecule has 0 aromatic heterocycles. The van der Waals surface area contributed by atoms with E-state index < -0.39 is 0 Å². The summed E-state index contributed by atoms with van der Waals surface area (Å²) in [6.45, 7) is 5.58. The summed E-state index contributed by atoms with van der Waals surface area (Å²) in [6, 6.07) is 0. The average Bonchev–Trinajstić information content (AvgIpc) is 2.59. The summed E-state index contributed by atoms with van der Waals surface area (Å²) in [5, 5.41) is 3.12. The van der Waals surface area contributed by atoms with Gasteiger partial charge in [-0.25, -0.2) is 0 Å². The van der Waals surface area contributed by atoms with Gasteiger partial charge in [-0.3, -0.25) is 4.79 Å². The summed E-state index contributed by atoms with van der Waals surface area (Å²) in [4.78, 5) is 13.9. The van der Waals surface area contributed by atoms with Crippen molar-refractivity contribution >= 4 is 5.91 Å². The second-order valence-electron chi connectivity index (χ2n) is 4.37. The fourth-order valence-electron chi connectivity index (χ4n) is 2.25. The van der Waals surface area contributed by atoms with Gasteiger partial charge in [0.25, 0.3) is 0 Å². The lowest BCUT2D eigenvalue weighted by Gasteiger charge is -2.30. The zero-order valence-corrected chi connectivity index (χ0v) is 9.94. The Bertz CT molecular complexity index is 256. The predicted molar refractivity (Wildman–Crippen MR) is 59.2 cm³/mol. The number of nitrogens with zero attached hydrogens (tertiary/aromatic N) is 1. The Kier molecular flexibility index (Phi) is 3.78. The molecule has 0 unspecified atom stereocenters. The second-order valence-corrected chi connectivity index (χ2v) is 4.37. The van der Waals surface area contributed by atoms with Crippen LogP contribution in [0.5, 0.6) is 0 Å². The first-order valence-corrected chi connectivity index (χ1v) is 5.90. The van der Waals surface area contributed by atoms with E-state index in [1.165, 1.54) is 0 Å². The van der Waals surface area contributed by atoms with Crippen LogP contribution in [0.15, 0.2) is 0 Å². The predicted octanol–water partition coefficient (Wildman–Crippen LogP) is -0.532. The van der Waals surface area contributed by atoms with E-state index in [9.17, 15) is 4.79 Å². The van der Waals surface area contributed by atoms with E-state index in [2.05, 4.69) is 5.32 Å². The van der Waals surface area contributed by atoms with Crippen molar-refractivity contribution in [3.05, 3.63) is 0 Å². The molecule has 92 valence electrons. The summed E-state index contributed by atoms with van der Waals surface area (Å²) in [5.41, 5.74) is 0. The van der Waals surface area contributed by atoms with Gasteiger partial charge in [-0.15, -0.1) is 0 Å². The van der Waals surface area contributed by atoms with Gasteiger partial charge in [0, 0.05) is 39.9 Å². The van der Waals surface area contributed by atoms with Gasteiger partial charge in [-0.2, -0.15) is 0 Å². The van der Waals surface area contributed by atoms with E-state index >= 15 is 0 Å². The molecule has 2 fully saturated rings. The van der Waals surface area contributed by atoms with E-state index in [0.717, 1.165) is 13.1 Å². The molecule has 0 bridgehead atoms. The number of ether oxygens (including phenoxy) is 2. The standard InChI is InChI=1S/C11H20N2O3/c1-3-16-10-7-13(6-9(10)15-2)11(14)8-4-12-5-8/h8-10,12H,3-7H2,1-2H3/t9-,10-/m1/s1. The Balaban J connectivity index is 1.90. The van der Waals surface area contributed by atoms with E-state index in [-0.39, 0.29) is 24.0 Å². The van der Waals surface area contributed by atoms with Crippen LogP contribution in [0.1, 0.15) is 6.92 Å². The van der Waals surface area contributed by atoms with Crippen LogP contribution in [0, 0.1) is 5.92 Å². The van der Waals surface area contributed by atoms with Gasteiger partial charge in [0.2, 0.25) is 5.91 Å². The van der Waals surface area contributed by atoms with Crippen molar-refractivity contribution in [2.75, 3.05) is 39.9 Å². The minimum Gasteiger partial charge on any atom is -0.377 e. The first kappa shape index (κ1) is 11.8. The van der Waals surface area contributed by atoms with Crippen LogP contribution in [0.4, 0.5) is 0 Å². The Morgan fingerprint density at radius 2 is 2.06 bits per heavy atom. The molecule has 1 N–H and O–H groups in total. The summed E-state index contributed by atoms with van der Waals surface area (Å²) < 4.78 is 10.9. The molecule has 0 aromatic carbocycles. The zero-order valence-electron chi connectivity index (χ0n) is 9.94. The highest BCUT2D eigenvalue weighted by Crippen LogP contribution is 2.19. The van der Waals surface area contributed by atoms with Crippen LogP contribution in [-0.4, -0.2) is 62.9 Å². The van der Waals surface area contributed by atoms with Crippen LogP contribution in [0.2, 0.25) is 0 Å². The minimum absolute atomic E-state index is 0.0249. The number of nitrogens with one attached hydrogen (secondary N) is 1. The van der Waals surface area contributed by atoms with Gasteiger partial charge in [0.15, 0.2) is 0 Å². The maximum absolute atomic E-state index is 12.0. The molecule has 5 heteroatoms. The van der Waals surface area contributed by atoms with Crippen molar-refractivity contribution in [2.24, 2.45) is 5.92 Å².